The summed E-state index contributed by atoms with van der Waals surface area (Å²) in [5.41, 5.74) is -1.00. The standard InChI is InChI=1S/C38H33N7O9/c1-22(46)6-3-11-32(48)41-27-8-5-10-29(21-27)45-36(52)31(34(50)43-38(45)54)15-13-24(25-16-18-39-19-17-25)12-14-30-33(49)42-37(53)44(35(30)51)28-9-4-7-26(20-28)40-23(2)47/h4-5,7-10,12-21,49H,3,6,11H2,1-2H3,(H,40,47)(H,41,48)(H,42,53)(H,43,50,54). The molecule has 16 heteroatoms. The third kappa shape index (κ3) is 9.05. The van der Waals surface area contributed by atoms with Gasteiger partial charge in [0.1, 0.15) is 16.9 Å². The maximum absolute atomic E-state index is 13.7. The molecule has 0 spiro atoms. The Bertz CT molecular complexity index is 2390. The number of H-pyrrole nitrogens is 1. The van der Waals surface area contributed by atoms with Crippen LogP contribution >= 0.6 is 0 Å². The molecule has 274 valence electrons. The molecule has 0 bridgehead atoms. The fraction of sp³-hybridized carbons (Fsp3) is 0.132. The summed E-state index contributed by atoms with van der Waals surface area (Å²) in [5, 5.41) is 18.0. The van der Waals surface area contributed by atoms with E-state index >= 15 is 0 Å². The maximum Gasteiger partial charge on any atom is 0.335 e. The van der Waals surface area contributed by atoms with Crippen molar-refractivity contribution >= 4 is 64.2 Å². The van der Waals surface area contributed by atoms with Crippen molar-refractivity contribution in [2.24, 2.45) is 0 Å². The number of pyridine rings is 1. The van der Waals surface area contributed by atoms with E-state index in [0.29, 0.717) is 23.2 Å². The van der Waals surface area contributed by atoms with Crippen molar-refractivity contribution in [1.82, 2.24) is 19.9 Å². The number of carbonyl (C=O) groups excluding carboxylic acids is 6. The molecule has 54 heavy (non-hydrogen) atoms. The number of nitrogens with one attached hydrogen (secondary N) is 4. The molecule has 6 amide bonds. The first-order chi connectivity index (χ1) is 25.8. The molecule has 5 rings (SSSR count). The van der Waals surface area contributed by atoms with Crippen LogP contribution in [0.15, 0.2) is 106 Å². The number of rotatable bonds is 12. The second-order valence-corrected chi connectivity index (χ2v) is 11.9. The molecule has 16 nitrogen and oxygen atoms in total. The molecule has 1 aliphatic heterocycles. The smallest absolute Gasteiger partial charge is 0.335 e. The van der Waals surface area contributed by atoms with E-state index < -0.39 is 40.5 Å². The molecule has 4 aromatic rings. The van der Waals surface area contributed by atoms with Crippen LogP contribution in [0.5, 0.6) is 5.88 Å². The molecule has 1 saturated heterocycles. The minimum atomic E-state index is -1.02. The Kier molecular flexibility index (Phi) is 11.7. The van der Waals surface area contributed by atoms with Crippen LogP contribution in [0.25, 0.3) is 17.3 Å². The number of aromatic nitrogens is 3. The van der Waals surface area contributed by atoms with Gasteiger partial charge < -0.3 is 20.5 Å². The predicted molar refractivity (Wildman–Crippen MR) is 199 cm³/mol. The lowest BCUT2D eigenvalue weighted by Gasteiger charge is -2.26. The van der Waals surface area contributed by atoms with Gasteiger partial charge in [0.25, 0.3) is 17.4 Å². The lowest BCUT2D eigenvalue weighted by atomic mass is 10.0. The highest BCUT2D eigenvalue weighted by Crippen LogP contribution is 2.25. The van der Waals surface area contributed by atoms with Crippen molar-refractivity contribution in [3.8, 4) is 11.6 Å². The van der Waals surface area contributed by atoms with Gasteiger partial charge in [-0.05, 0) is 85.2 Å². The average Bonchev–Trinajstić information content (AvgIpc) is 3.10. The van der Waals surface area contributed by atoms with Gasteiger partial charge in [0.15, 0.2) is 0 Å². The van der Waals surface area contributed by atoms with Crippen molar-refractivity contribution in [3.63, 3.8) is 0 Å². The Labute approximate surface area is 306 Å². The van der Waals surface area contributed by atoms with E-state index in [9.17, 15) is 43.5 Å². The van der Waals surface area contributed by atoms with Gasteiger partial charge in [-0.25, -0.2) is 19.1 Å². The Morgan fingerprint density at radius 1 is 0.870 bits per heavy atom. The fourth-order valence-electron chi connectivity index (χ4n) is 5.34. The normalized spacial score (nSPS) is 14.0. The Hall–Kier alpha value is -7.49. The number of aromatic hydroxyl groups is 1. The number of amides is 6. The van der Waals surface area contributed by atoms with Crippen LogP contribution in [-0.2, 0) is 24.0 Å². The summed E-state index contributed by atoms with van der Waals surface area (Å²) >= 11 is 0. The molecule has 0 radical (unpaired) electrons. The Morgan fingerprint density at radius 2 is 1.54 bits per heavy atom. The van der Waals surface area contributed by atoms with E-state index in [0.717, 1.165) is 9.47 Å². The summed E-state index contributed by atoms with van der Waals surface area (Å²) in [5.74, 6) is -3.45. The first-order valence-corrected chi connectivity index (χ1v) is 16.4. The maximum atomic E-state index is 13.7. The zero-order valence-electron chi connectivity index (χ0n) is 28.9. The van der Waals surface area contributed by atoms with Crippen LogP contribution in [0.2, 0.25) is 0 Å². The van der Waals surface area contributed by atoms with Gasteiger partial charge >= 0.3 is 11.7 Å². The zero-order valence-corrected chi connectivity index (χ0v) is 28.9. The lowest BCUT2D eigenvalue weighted by Crippen LogP contribution is -2.54. The van der Waals surface area contributed by atoms with E-state index in [-0.39, 0.29) is 53.1 Å². The molecule has 0 unspecified atom stereocenters. The molecule has 0 saturated carbocycles. The van der Waals surface area contributed by atoms with Gasteiger partial charge in [-0.2, -0.15) is 0 Å². The molecule has 5 N–H and O–H groups in total. The molecule has 3 heterocycles. The van der Waals surface area contributed by atoms with Crippen LogP contribution in [-0.4, -0.2) is 55.1 Å². The summed E-state index contributed by atoms with van der Waals surface area (Å²) in [7, 11) is 0. The summed E-state index contributed by atoms with van der Waals surface area (Å²) in [6.45, 7) is 2.73. The number of anilines is 3. The number of hydrogen-bond donors (Lipinski definition) is 5. The van der Waals surface area contributed by atoms with Crippen molar-refractivity contribution in [3.05, 3.63) is 129 Å². The van der Waals surface area contributed by atoms with E-state index in [1.807, 2.05) is 0 Å². The van der Waals surface area contributed by atoms with Crippen LogP contribution in [0.4, 0.5) is 21.9 Å². The number of benzene rings is 2. The molecule has 1 aliphatic rings. The fourth-order valence-corrected chi connectivity index (χ4v) is 5.34. The number of imide groups is 2. The average molecular weight is 732 g/mol. The van der Waals surface area contributed by atoms with Gasteiger partial charge in [-0.15, -0.1) is 0 Å². The van der Waals surface area contributed by atoms with Gasteiger partial charge in [0.2, 0.25) is 17.7 Å². The second-order valence-electron chi connectivity index (χ2n) is 11.9. The van der Waals surface area contributed by atoms with Crippen molar-refractivity contribution in [2.45, 2.75) is 33.1 Å². The van der Waals surface area contributed by atoms with Crippen molar-refractivity contribution < 1.29 is 33.9 Å². The minimum absolute atomic E-state index is 0.0437. The molecular formula is C38H33N7O9. The SMILES string of the molecule is CC(=O)CCCC(=O)Nc1cccc(N2C(=O)NC(=O)C(=CC=C(C=Cc3c(O)[nH]c(=O)n(-c4cccc(NC(C)=O)c4)c3=O)c3ccncc3)C2=O)c1. The number of ketones is 1. The van der Waals surface area contributed by atoms with Crippen LogP contribution in [0.1, 0.15) is 44.2 Å². The van der Waals surface area contributed by atoms with E-state index in [1.54, 1.807) is 24.3 Å². The third-order valence-corrected chi connectivity index (χ3v) is 7.84. The molecular weight excluding hydrogens is 698 g/mol. The van der Waals surface area contributed by atoms with E-state index in [2.05, 4.69) is 25.9 Å². The van der Waals surface area contributed by atoms with Crippen molar-refractivity contribution in [2.75, 3.05) is 15.5 Å². The first kappa shape index (κ1) is 37.8. The van der Waals surface area contributed by atoms with Crippen molar-refractivity contribution in [1.29, 1.82) is 0 Å². The number of Topliss-reactive ketones (excluding diaryl/α,β-unsaturated/α-hetero) is 1. The lowest BCUT2D eigenvalue weighted by molar-refractivity contribution is -0.123. The number of urea groups is 1. The second kappa shape index (κ2) is 16.7. The summed E-state index contributed by atoms with van der Waals surface area (Å²) < 4.78 is 0.772. The van der Waals surface area contributed by atoms with E-state index in [1.165, 1.54) is 86.9 Å². The Balaban J connectivity index is 1.48. The molecule has 2 aromatic heterocycles. The molecule has 2 aromatic carbocycles. The Morgan fingerprint density at radius 3 is 2.22 bits per heavy atom. The largest absolute Gasteiger partial charge is 0.494 e. The van der Waals surface area contributed by atoms with Gasteiger partial charge in [0, 0.05) is 43.5 Å². The molecule has 0 aliphatic carbocycles. The van der Waals surface area contributed by atoms with Crippen LogP contribution < -0.4 is 32.1 Å². The highest BCUT2D eigenvalue weighted by atomic mass is 16.3. The minimum Gasteiger partial charge on any atom is -0.494 e. The van der Waals surface area contributed by atoms with Crippen LogP contribution in [0.3, 0.4) is 0 Å². The predicted octanol–water partition coefficient (Wildman–Crippen LogP) is 3.59. The topological polar surface area (TPSA) is 230 Å². The monoisotopic (exact) mass is 731 g/mol. The number of aromatic amines is 1. The molecule has 0 atom stereocenters. The zero-order chi connectivity index (χ0) is 38.9. The van der Waals surface area contributed by atoms with Gasteiger partial charge in [-0.3, -0.25) is 39.3 Å². The quantitative estimate of drug-likeness (QED) is 0.0808. The first-order valence-electron chi connectivity index (χ1n) is 16.4. The number of barbiturate groups is 1. The highest BCUT2D eigenvalue weighted by molar-refractivity contribution is 6.37. The summed E-state index contributed by atoms with van der Waals surface area (Å²) in [6.07, 6.45) is 8.82. The van der Waals surface area contributed by atoms with Crippen LogP contribution in [0, 0.1) is 0 Å². The number of nitrogens with zero attached hydrogens (tertiary/aromatic N) is 3. The summed E-state index contributed by atoms with van der Waals surface area (Å²) in [6, 6.07) is 14.0. The highest BCUT2D eigenvalue weighted by Gasteiger charge is 2.36. The number of carbonyl (C=O) groups is 6. The number of hydrogen-bond acceptors (Lipinski definition) is 10. The van der Waals surface area contributed by atoms with Gasteiger partial charge in [0.05, 0.1) is 11.4 Å². The molecule has 1 fully saturated rings. The number of allylic oxidation sites excluding steroid dienone is 4. The van der Waals surface area contributed by atoms with E-state index in [4.69, 9.17) is 0 Å². The third-order valence-electron chi connectivity index (χ3n) is 7.84. The summed E-state index contributed by atoms with van der Waals surface area (Å²) in [4.78, 5) is 108. The van der Waals surface area contributed by atoms with Gasteiger partial charge in [-0.1, -0.05) is 24.3 Å².